The molecule has 0 radical (unpaired) electrons. The van der Waals surface area contributed by atoms with Crippen LogP contribution in [0.2, 0.25) is 0 Å². The Bertz CT molecular complexity index is 680. The van der Waals surface area contributed by atoms with Crippen molar-refractivity contribution in [3.05, 3.63) is 60.2 Å². The van der Waals surface area contributed by atoms with Crippen molar-refractivity contribution < 1.29 is 0 Å². The van der Waals surface area contributed by atoms with Crippen molar-refractivity contribution in [3.63, 3.8) is 0 Å². The van der Waals surface area contributed by atoms with Crippen LogP contribution in [0.5, 0.6) is 0 Å². The maximum Gasteiger partial charge on any atom is 0.0692 e. The Morgan fingerprint density at radius 3 is 2.33 bits per heavy atom. The van der Waals surface area contributed by atoms with Crippen LogP contribution in [0.3, 0.4) is 0 Å². The van der Waals surface area contributed by atoms with Gasteiger partial charge in [0.2, 0.25) is 0 Å². The van der Waals surface area contributed by atoms with E-state index in [2.05, 4.69) is 54.6 Å². The number of hydrogen-bond donors (Lipinski definition) is 0. The molecular formula is C20H19N. The van der Waals surface area contributed by atoms with E-state index < -0.39 is 0 Å². The lowest BCUT2D eigenvalue weighted by Gasteiger charge is -2.13. The molecule has 21 heavy (non-hydrogen) atoms. The zero-order valence-electron chi connectivity index (χ0n) is 12.1. The van der Waals surface area contributed by atoms with Crippen LogP contribution < -0.4 is 0 Å². The van der Waals surface area contributed by atoms with Crippen LogP contribution in [0.4, 0.5) is 0 Å². The number of rotatable bonds is 3. The van der Waals surface area contributed by atoms with E-state index in [9.17, 15) is 5.26 Å². The van der Waals surface area contributed by atoms with Gasteiger partial charge in [-0.15, -0.1) is 0 Å². The molecule has 4 rings (SSSR count). The molecule has 2 fully saturated rings. The average Bonchev–Trinajstić information content (AvgIpc) is 3.11. The summed E-state index contributed by atoms with van der Waals surface area (Å²) in [4.78, 5) is 0. The first kappa shape index (κ1) is 12.7. The number of hydrogen-bond acceptors (Lipinski definition) is 1. The van der Waals surface area contributed by atoms with Crippen molar-refractivity contribution >= 4 is 0 Å². The molecule has 1 heteroatoms. The van der Waals surface area contributed by atoms with Crippen LogP contribution in [-0.4, -0.2) is 0 Å². The molecule has 0 heterocycles. The standard InChI is InChI=1S/C20H19N/c21-14-20-12-16(11-19(20)13-20)10-15-6-8-18(9-7-15)17-4-2-1-3-5-17/h1-9,16,19H,10-13H2. The van der Waals surface area contributed by atoms with Gasteiger partial charge in [-0.1, -0.05) is 54.6 Å². The lowest BCUT2D eigenvalue weighted by atomic mass is 9.91. The fraction of sp³-hybridized carbons (Fsp3) is 0.350. The Labute approximate surface area is 126 Å². The van der Waals surface area contributed by atoms with E-state index in [-0.39, 0.29) is 5.41 Å². The third-order valence-corrected chi connectivity index (χ3v) is 5.31. The molecule has 104 valence electrons. The first-order chi connectivity index (χ1) is 10.3. The number of benzene rings is 2. The molecule has 2 aromatic carbocycles. The molecule has 0 N–H and O–H groups in total. The molecule has 1 nitrogen and oxygen atoms in total. The average molecular weight is 273 g/mol. The zero-order valence-corrected chi connectivity index (χ0v) is 12.1. The number of fused-ring (bicyclic) bond motifs is 1. The highest BCUT2D eigenvalue weighted by molar-refractivity contribution is 5.63. The van der Waals surface area contributed by atoms with Crippen LogP contribution in [0.15, 0.2) is 54.6 Å². The summed E-state index contributed by atoms with van der Waals surface area (Å²) in [5.41, 5.74) is 4.04. The predicted octanol–water partition coefficient (Wildman–Crippen LogP) is 4.84. The highest BCUT2D eigenvalue weighted by atomic mass is 14.6. The quantitative estimate of drug-likeness (QED) is 0.785. The zero-order chi connectivity index (χ0) is 14.3. The van der Waals surface area contributed by atoms with Crippen LogP contribution in [0.1, 0.15) is 24.8 Å². The van der Waals surface area contributed by atoms with Gasteiger partial charge in [0, 0.05) is 0 Å². The summed E-state index contributed by atoms with van der Waals surface area (Å²) < 4.78 is 0. The molecule has 3 unspecified atom stereocenters. The molecule has 0 amide bonds. The molecule has 0 spiro atoms. The van der Waals surface area contributed by atoms with E-state index in [1.807, 2.05) is 6.07 Å². The van der Waals surface area contributed by atoms with Gasteiger partial charge < -0.3 is 0 Å². The van der Waals surface area contributed by atoms with Gasteiger partial charge in [0.05, 0.1) is 11.5 Å². The molecule has 2 saturated carbocycles. The highest BCUT2D eigenvalue weighted by Gasteiger charge is 2.60. The number of nitrogens with zero attached hydrogens (tertiary/aromatic N) is 1. The van der Waals surface area contributed by atoms with Gasteiger partial charge in [0.25, 0.3) is 0 Å². The minimum Gasteiger partial charge on any atom is -0.198 e. The van der Waals surface area contributed by atoms with Crippen molar-refractivity contribution in [1.82, 2.24) is 0 Å². The summed E-state index contributed by atoms with van der Waals surface area (Å²) in [6.45, 7) is 0. The maximum absolute atomic E-state index is 9.26. The van der Waals surface area contributed by atoms with Gasteiger partial charge in [0.15, 0.2) is 0 Å². The first-order valence-corrected chi connectivity index (χ1v) is 7.85. The monoisotopic (exact) mass is 273 g/mol. The Morgan fingerprint density at radius 2 is 1.67 bits per heavy atom. The third-order valence-electron chi connectivity index (χ3n) is 5.31. The fourth-order valence-electron chi connectivity index (χ4n) is 4.08. The normalized spacial score (nSPS) is 29.7. The Morgan fingerprint density at radius 1 is 0.952 bits per heavy atom. The summed E-state index contributed by atoms with van der Waals surface area (Å²) in [6.07, 6.45) is 4.67. The van der Waals surface area contributed by atoms with Crippen molar-refractivity contribution in [2.45, 2.75) is 25.7 Å². The number of nitriles is 1. The lowest BCUT2D eigenvalue weighted by Crippen LogP contribution is -2.04. The second-order valence-corrected chi connectivity index (χ2v) is 6.74. The fourth-order valence-corrected chi connectivity index (χ4v) is 4.08. The summed E-state index contributed by atoms with van der Waals surface area (Å²) in [5.74, 6) is 1.42. The summed E-state index contributed by atoms with van der Waals surface area (Å²) in [7, 11) is 0. The highest BCUT2D eigenvalue weighted by Crippen LogP contribution is 2.65. The van der Waals surface area contributed by atoms with Crippen LogP contribution >= 0.6 is 0 Å². The maximum atomic E-state index is 9.26. The largest absolute Gasteiger partial charge is 0.198 e. The summed E-state index contributed by atoms with van der Waals surface area (Å²) >= 11 is 0. The lowest BCUT2D eigenvalue weighted by molar-refractivity contribution is 0.463. The second kappa shape index (κ2) is 4.74. The molecule has 0 bridgehead atoms. The van der Waals surface area contributed by atoms with Crippen molar-refractivity contribution in [1.29, 1.82) is 5.26 Å². The van der Waals surface area contributed by atoms with Gasteiger partial charge >= 0.3 is 0 Å². The Balaban J connectivity index is 1.45. The van der Waals surface area contributed by atoms with E-state index in [0.29, 0.717) is 11.8 Å². The van der Waals surface area contributed by atoms with Crippen LogP contribution in [0.25, 0.3) is 11.1 Å². The van der Waals surface area contributed by atoms with E-state index in [1.54, 1.807) is 0 Å². The molecule has 0 aliphatic heterocycles. The van der Waals surface area contributed by atoms with Crippen molar-refractivity contribution in [2.75, 3.05) is 0 Å². The predicted molar refractivity (Wildman–Crippen MR) is 84.5 cm³/mol. The molecule has 2 aliphatic rings. The van der Waals surface area contributed by atoms with Gasteiger partial charge in [0.1, 0.15) is 0 Å². The molecular weight excluding hydrogens is 254 g/mol. The molecule has 0 aromatic heterocycles. The molecule has 2 aliphatic carbocycles. The van der Waals surface area contributed by atoms with Gasteiger partial charge in [-0.2, -0.15) is 5.26 Å². The van der Waals surface area contributed by atoms with E-state index in [4.69, 9.17) is 0 Å². The molecule has 0 saturated heterocycles. The van der Waals surface area contributed by atoms with Crippen LogP contribution in [0, 0.1) is 28.6 Å². The van der Waals surface area contributed by atoms with Gasteiger partial charge in [-0.25, -0.2) is 0 Å². The van der Waals surface area contributed by atoms with Crippen molar-refractivity contribution in [2.24, 2.45) is 17.3 Å². The SMILES string of the molecule is N#CC12CC(Cc3ccc(-c4ccccc4)cc3)CC1C2. The van der Waals surface area contributed by atoms with Gasteiger partial charge in [-0.05, 0) is 54.2 Å². The van der Waals surface area contributed by atoms with Crippen LogP contribution in [-0.2, 0) is 6.42 Å². The summed E-state index contributed by atoms with van der Waals surface area (Å²) in [5, 5.41) is 9.26. The van der Waals surface area contributed by atoms with E-state index >= 15 is 0 Å². The first-order valence-electron chi connectivity index (χ1n) is 7.85. The molecule has 2 aromatic rings. The smallest absolute Gasteiger partial charge is 0.0692 e. The topological polar surface area (TPSA) is 23.8 Å². The molecule has 3 atom stereocenters. The summed E-state index contributed by atoms with van der Waals surface area (Å²) in [6, 6.07) is 22.0. The van der Waals surface area contributed by atoms with Gasteiger partial charge in [-0.3, -0.25) is 0 Å². The Kier molecular flexibility index (Phi) is 2.86. The minimum atomic E-state index is 0.0780. The Hall–Kier alpha value is -2.07. The third kappa shape index (κ3) is 2.25. The second-order valence-electron chi connectivity index (χ2n) is 6.74. The minimum absolute atomic E-state index is 0.0780. The van der Waals surface area contributed by atoms with E-state index in [1.165, 1.54) is 23.1 Å². The van der Waals surface area contributed by atoms with Crippen molar-refractivity contribution in [3.8, 4) is 17.2 Å². The van der Waals surface area contributed by atoms with E-state index in [0.717, 1.165) is 19.3 Å².